The van der Waals surface area contributed by atoms with E-state index in [0.717, 1.165) is 18.4 Å². The monoisotopic (exact) mass is 437 g/mol. The van der Waals surface area contributed by atoms with E-state index < -0.39 is 16.1 Å². The number of carbonyl (C=O) groups is 2. The average Bonchev–Trinajstić information content (AvgIpc) is 2.70. The summed E-state index contributed by atoms with van der Waals surface area (Å²) >= 11 is 0. The van der Waals surface area contributed by atoms with Gasteiger partial charge >= 0.3 is 0 Å². The third-order valence-electron chi connectivity index (χ3n) is 5.47. The Hall–Kier alpha value is -1.97. The molecule has 3 rings (SSSR count). The lowest BCUT2D eigenvalue weighted by atomic mass is 10.0. The van der Waals surface area contributed by atoms with E-state index in [0.29, 0.717) is 26.1 Å². The molecule has 3 unspecified atom stereocenters. The van der Waals surface area contributed by atoms with Crippen molar-refractivity contribution in [2.75, 3.05) is 31.9 Å². The predicted octanol–water partition coefficient (Wildman–Crippen LogP) is 1.30. The SMILES string of the molecule is CC1CN(S(=O)(=O)CCNC(=O)C(c2ccccc2)N2CCCCC2=O)CC(C)O1. The normalized spacial score (nSPS) is 24.5. The second-order valence-electron chi connectivity index (χ2n) is 8.04. The van der Waals surface area contributed by atoms with Gasteiger partial charge in [-0.2, -0.15) is 4.31 Å². The van der Waals surface area contributed by atoms with Crippen LogP contribution in [-0.4, -0.2) is 73.6 Å². The molecule has 2 fully saturated rings. The number of piperidine rings is 1. The average molecular weight is 438 g/mol. The number of hydrogen-bond acceptors (Lipinski definition) is 5. The third kappa shape index (κ3) is 5.59. The Labute approximate surface area is 178 Å². The second kappa shape index (κ2) is 9.89. The summed E-state index contributed by atoms with van der Waals surface area (Å²) in [6.07, 6.45) is 1.78. The molecule has 0 aliphatic carbocycles. The molecule has 1 aromatic carbocycles. The number of likely N-dealkylation sites (tertiary alicyclic amines) is 1. The van der Waals surface area contributed by atoms with Crippen molar-refractivity contribution < 1.29 is 22.7 Å². The van der Waals surface area contributed by atoms with Crippen molar-refractivity contribution in [3.05, 3.63) is 35.9 Å². The number of nitrogens with zero attached hydrogens (tertiary/aromatic N) is 2. The number of ether oxygens (including phenoxy) is 1. The minimum atomic E-state index is -3.51. The van der Waals surface area contributed by atoms with Crippen molar-refractivity contribution in [1.29, 1.82) is 0 Å². The fraction of sp³-hybridized carbons (Fsp3) is 0.619. The molecule has 2 aliphatic heterocycles. The molecule has 3 atom stereocenters. The maximum Gasteiger partial charge on any atom is 0.247 e. The van der Waals surface area contributed by atoms with Crippen molar-refractivity contribution in [2.45, 2.75) is 51.4 Å². The molecule has 30 heavy (non-hydrogen) atoms. The third-order valence-corrected chi connectivity index (χ3v) is 7.28. The summed E-state index contributed by atoms with van der Waals surface area (Å²) in [7, 11) is -3.51. The van der Waals surface area contributed by atoms with E-state index in [2.05, 4.69) is 5.32 Å². The van der Waals surface area contributed by atoms with Crippen molar-refractivity contribution in [1.82, 2.24) is 14.5 Å². The highest BCUT2D eigenvalue weighted by Crippen LogP contribution is 2.25. The number of rotatable bonds is 7. The fourth-order valence-electron chi connectivity index (χ4n) is 4.09. The van der Waals surface area contributed by atoms with Gasteiger partial charge in [-0.05, 0) is 32.3 Å². The molecular formula is C21H31N3O5S. The van der Waals surface area contributed by atoms with Gasteiger partial charge in [0.25, 0.3) is 0 Å². The number of carbonyl (C=O) groups excluding carboxylic acids is 2. The minimum absolute atomic E-state index is 0.00729. The Morgan fingerprint density at radius 2 is 1.83 bits per heavy atom. The Morgan fingerprint density at radius 3 is 2.47 bits per heavy atom. The predicted molar refractivity (Wildman–Crippen MR) is 113 cm³/mol. The lowest BCUT2D eigenvalue weighted by Gasteiger charge is -2.35. The van der Waals surface area contributed by atoms with Gasteiger partial charge in [0, 0.05) is 32.6 Å². The zero-order valence-corrected chi connectivity index (χ0v) is 18.4. The first kappa shape index (κ1) is 22.7. The highest BCUT2D eigenvalue weighted by Gasteiger charge is 2.34. The van der Waals surface area contributed by atoms with Gasteiger partial charge in [0.05, 0.1) is 18.0 Å². The molecule has 166 valence electrons. The zero-order chi connectivity index (χ0) is 21.7. The number of morpholine rings is 1. The largest absolute Gasteiger partial charge is 0.373 e. The topological polar surface area (TPSA) is 96.0 Å². The van der Waals surface area contributed by atoms with E-state index in [4.69, 9.17) is 4.74 Å². The van der Waals surface area contributed by atoms with Gasteiger partial charge < -0.3 is 15.0 Å². The van der Waals surface area contributed by atoms with Crippen LogP contribution in [0.15, 0.2) is 30.3 Å². The lowest BCUT2D eigenvalue weighted by Crippen LogP contribution is -2.50. The number of hydrogen-bond donors (Lipinski definition) is 1. The van der Waals surface area contributed by atoms with Gasteiger partial charge in [-0.1, -0.05) is 30.3 Å². The van der Waals surface area contributed by atoms with Crippen LogP contribution < -0.4 is 5.32 Å². The van der Waals surface area contributed by atoms with Crippen LogP contribution in [0.2, 0.25) is 0 Å². The van der Waals surface area contributed by atoms with Crippen molar-refractivity contribution in [3.63, 3.8) is 0 Å². The van der Waals surface area contributed by atoms with Crippen LogP contribution in [0, 0.1) is 0 Å². The molecule has 2 heterocycles. The van der Waals surface area contributed by atoms with Gasteiger partial charge in [-0.15, -0.1) is 0 Å². The molecule has 1 aromatic rings. The van der Waals surface area contributed by atoms with Gasteiger partial charge in [0.2, 0.25) is 21.8 Å². The van der Waals surface area contributed by atoms with Gasteiger partial charge in [0.15, 0.2) is 0 Å². The Kier molecular flexibility index (Phi) is 7.49. The highest BCUT2D eigenvalue weighted by atomic mass is 32.2. The summed E-state index contributed by atoms with van der Waals surface area (Å²) in [4.78, 5) is 27.1. The number of nitrogens with one attached hydrogen (secondary N) is 1. The van der Waals surface area contributed by atoms with Crippen LogP contribution in [-0.2, 0) is 24.3 Å². The smallest absolute Gasteiger partial charge is 0.247 e. The van der Waals surface area contributed by atoms with E-state index in [-0.39, 0.29) is 36.3 Å². The quantitative estimate of drug-likeness (QED) is 0.694. The molecular weight excluding hydrogens is 406 g/mol. The molecule has 8 nitrogen and oxygen atoms in total. The standard InChI is InChI=1S/C21H31N3O5S/c1-16-14-23(15-17(2)29-16)30(27,28)13-11-22-21(26)20(18-8-4-3-5-9-18)24-12-7-6-10-19(24)25/h3-5,8-9,16-17,20H,6-7,10-15H2,1-2H3,(H,22,26). The number of sulfonamides is 1. The fourth-order valence-corrected chi connectivity index (χ4v) is 5.59. The van der Waals surface area contributed by atoms with E-state index in [1.54, 1.807) is 4.90 Å². The van der Waals surface area contributed by atoms with E-state index in [1.807, 2.05) is 44.2 Å². The molecule has 0 radical (unpaired) electrons. The summed E-state index contributed by atoms with van der Waals surface area (Å²) in [5, 5.41) is 2.75. The van der Waals surface area contributed by atoms with Crippen molar-refractivity contribution in [2.24, 2.45) is 0 Å². The summed E-state index contributed by atoms with van der Waals surface area (Å²) in [6.45, 7) is 4.84. The van der Waals surface area contributed by atoms with Crippen LogP contribution in [0.1, 0.15) is 44.7 Å². The van der Waals surface area contributed by atoms with Crippen LogP contribution in [0.5, 0.6) is 0 Å². The van der Waals surface area contributed by atoms with Crippen LogP contribution in [0.25, 0.3) is 0 Å². The van der Waals surface area contributed by atoms with Crippen LogP contribution in [0.4, 0.5) is 0 Å². The Morgan fingerprint density at radius 1 is 1.17 bits per heavy atom. The number of benzene rings is 1. The van der Waals surface area contributed by atoms with Crippen molar-refractivity contribution in [3.8, 4) is 0 Å². The maximum atomic E-state index is 13.0. The summed E-state index contributed by atoms with van der Waals surface area (Å²) < 4.78 is 32.4. The lowest BCUT2D eigenvalue weighted by molar-refractivity contribution is -0.142. The molecule has 2 aliphatic rings. The molecule has 9 heteroatoms. The molecule has 2 saturated heterocycles. The summed E-state index contributed by atoms with van der Waals surface area (Å²) in [6, 6.07) is 8.40. The van der Waals surface area contributed by atoms with E-state index >= 15 is 0 Å². The summed E-state index contributed by atoms with van der Waals surface area (Å²) in [5.74, 6) is -0.585. The molecule has 2 amide bonds. The van der Waals surface area contributed by atoms with Crippen molar-refractivity contribution >= 4 is 21.8 Å². The summed E-state index contributed by atoms with van der Waals surface area (Å²) in [5.41, 5.74) is 0.726. The second-order valence-corrected chi connectivity index (χ2v) is 10.1. The molecule has 0 saturated carbocycles. The Bertz CT molecular complexity index is 835. The van der Waals surface area contributed by atoms with Gasteiger partial charge in [-0.25, -0.2) is 8.42 Å². The zero-order valence-electron chi connectivity index (χ0n) is 17.6. The van der Waals surface area contributed by atoms with Gasteiger partial charge in [-0.3, -0.25) is 9.59 Å². The molecule has 1 N–H and O–H groups in total. The number of amides is 2. The molecule has 0 aromatic heterocycles. The van der Waals surface area contributed by atoms with Crippen LogP contribution >= 0.6 is 0 Å². The first-order valence-electron chi connectivity index (χ1n) is 10.5. The van der Waals surface area contributed by atoms with E-state index in [1.165, 1.54) is 4.31 Å². The maximum absolute atomic E-state index is 13.0. The molecule has 0 spiro atoms. The Balaban J connectivity index is 1.65. The first-order valence-corrected chi connectivity index (χ1v) is 12.1. The highest BCUT2D eigenvalue weighted by molar-refractivity contribution is 7.89. The molecule has 0 bridgehead atoms. The minimum Gasteiger partial charge on any atom is -0.373 e. The first-order chi connectivity index (χ1) is 14.3. The van der Waals surface area contributed by atoms with E-state index in [9.17, 15) is 18.0 Å². The van der Waals surface area contributed by atoms with Crippen LogP contribution in [0.3, 0.4) is 0 Å². The van der Waals surface area contributed by atoms with Gasteiger partial charge in [0.1, 0.15) is 6.04 Å².